The van der Waals surface area contributed by atoms with Crippen molar-refractivity contribution in [2.45, 2.75) is 13.5 Å². The van der Waals surface area contributed by atoms with Crippen LogP contribution in [0.25, 0.3) is 11.4 Å². The number of carbonyl (C=O) groups is 1. The average molecular weight is 327 g/mol. The summed E-state index contributed by atoms with van der Waals surface area (Å²) in [7, 11) is 0. The van der Waals surface area contributed by atoms with Gasteiger partial charge in [-0.05, 0) is 12.1 Å². The molecule has 5 N–H and O–H groups in total. The molecule has 0 saturated carbocycles. The lowest BCUT2D eigenvalue weighted by atomic mass is 10.2. The van der Waals surface area contributed by atoms with Crippen molar-refractivity contribution in [2.75, 3.05) is 0 Å². The quantitative estimate of drug-likeness (QED) is 0.575. The molecule has 0 aromatic carbocycles. The van der Waals surface area contributed by atoms with Crippen LogP contribution in [-0.2, 0) is 11.3 Å². The minimum absolute atomic E-state index is 0. The first-order valence-corrected chi connectivity index (χ1v) is 6.68. The van der Waals surface area contributed by atoms with Crippen LogP contribution in [-0.4, -0.2) is 21.8 Å². The molecule has 9 heteroatoms. The maximum Gasteiger partial charge on any atom is 0.217 e. The van der Waals surface area contributed by atoms with E-state index in [1.165, 1.54) is 18.3 Å². The predicted molar refractivity (Wildman–Crippen MR) is 85.6 cm³/mol. The number of pyridine rings is 1. The van der Waals surface area contributed by atoms with Crippen molar-refractivity contribution in [3.05, 3.63) is 29.3 Å². The van der Waals surface area contributed by atoms with Gasteiger partial charge in [-0.2, -0.15) is 4.99 Å². The molecular formula is C12H15ClN6OS. The molecule has 0 aliphatic carbocycles. The van der Waals surface area contributed by atoms with Crippen LogP contribution in [0.3, 0.4) is 0 Å². The number of carbonyl (C=O) groups excluding carboxylic acids is 1. The molecule has 0 fully saturated rings. The second-order valence-electron chi connectivity index (χ2n) is 3.98. The Bertz CT molecular complexity index is 653. The smallest absolute Gasteiger partial charge is 0.217 e. The minimum Gasteiger partial charge on any atom is -0.370 e. The van der Waals surface area contributed by atoms with Gasteiger partial charge in [-0.25, -0.2) is 9.97 Å². The second-order valence-corrected chi connectivity index (χ2v) is 4.81. The Kier molecular flexibility index (Phi) is 6.07. The highest BCUT2D eigenvalue weighted by Gasteiger charge is 2.06. The molecule has 2 aromatic heterocycles. The lowest BCUT2D eigenvalue weighted by Gasteiger charge is -2.03. The number of nitrogens with one attached hydrogen (secondary N) is 1. The van der Waals surface area contributed by atoms with Crippen LogP contribution in [0.5, 0.6) is 0 Å². The molecule has 0 bridgehead atoms. The molecule has 2 heterocycles. The number of aromatic nitrogens is 2. The molecule has 7 nitrogen and oxygen atoms in total. The number of rotatable bonds is 4. The fraction of sp³-hybridized carbons (Fsp3) is 0.167. The van der Waals surface area contributed by atoms with Gasteiger partial charge in [0.25, 0.3) is 0 Å². The van der Waals surface area contributed by atoms with Crippen LogP contribution in [0.4, 0.5) is 5.13 Å². The Morgan fingerprint density at radius 1 is 1.33 bits per heavy atom. The number of amides is 1. The highest BCUT2D eigenvalue weighted by Crippen LogP contribution is 2.25. The lowest BCUT2D eigenvalue weighted by Crippen LogP contribution is -2.21. The molecular weight excluding hydrogens is 312 g/mol. The summed E-state index contributed by atoms with van der Waals surface area (Å²) in [6.07, 6.45) is 0. The van der Waals surface area contributed by atoms with Gasteiger partial charge in [0.15, 0.2) is 5.96 Å². The Balaban J connectivity index is 0.00000220. The standard InChI is InChI=1S/C12H14N6OS.ClH/c1-7(19)15-5-8-3-2-4-9(16-8)10-6-20-12(17-10)18-11(13)14;/h2-4,6H,5H2,1H3,(H,15,19)(H4,13,14,17,18);1H. The number of hydrogen-bond acceptors (Lipinski definition) is 5. The van der Waals surface area contributed by atoms with Crippen molar-refractivity contribution < 1.29 is 4.79 Å². The summed E-state index contributed by atoms with van der Waals surface area (Å²) in [4.78, 5) is 23.5. The van der Waals surface area contributed by atoms with E-state index in [0.29, 0.717) is 23.1 Å². The first kappa shape index (κ1) is 16.9. The molecule has 0 atom stereocenters. The maximum atomic E-state index is 10.9. The van der Waals surface area contributed by atoms with Gasteiger partial charge < -0.3 is 16.8 Å². The molecule has 2 rings (SSSR count). The van der Waals surface area contributed by atoms with E-state index >= 15 is 0 Å². The zero-order valence-corrected chi connectivity index (χ0v) is 12.9. The van der Waals surface area contributed by atoms with Gasteiger partial charge in [0, 0.05) is 12.3 Å². The van der Waals surface area contributed by atoms with Gasteiger partial charge in [-0.3, -0.25) is 4.79 Å². The number of hydrogen-bond donors (Lipinski definition) is 3. The van der Waals surface area contributed by atoms with Crippen LogP contribution in [0, 0.1) is 0 Å². The van der Waals surface area contributed by atoms with E-state index in [-0.39, 0.29) is 24.3 Å². The number of aliphatic imine (C=N–C) groups is 1. The summed E-state index contributed by atoms with van der Waals surface area (Å²) in [5.74, 6) is -0.126. The lowest BCUT2D eigenvalue weighted by molar-refractivity contribution is -0.119. The van der Waals surface area contributed by atoms with Crippen molar-refractivity contribution in [3.63, 3.8) is 0 Å². The van der Waals surface area contributed by atoms with Crippen molar-refractivity contribution in [1.82, 2.24) is 15.3 Å². The van der Waals surface area contributed by atoms with Crippen molar-refractivity contribution in [2.24, 2.45) is 16.5 Å². The van der Waals surface area contributed by atoms with Gasteiger partial charge in [0.05, 0.1) is 17.9 Å². The Morgan fingerprint density at radius 3 is 2.76 bits per heavy atom. The number of guanidine groups is 1. The van der Waals surface area contributed by atoms with E-state index in [1.807, 2.05) is 23.6 Å². The van der Waals surface area contributed by atoms with Crippen LogP contribution >= 0.6 is 23.7 Å². The van der Waals surface area contributed by atoms with Gasteiger partial charge >= 0.3 is 0 Å². The van der Waals surface area contributed by atoms with E-state index in [4.69, 9.17) is 11.5 Å². The summed E-state index contributed by atoms with van der Waals surface area (Å²) in [6, 6.07) is 5.54. The van der Waals surface area contributed by atoms with Crippen molar-refractivity contribution in [1.29, 1.82) is 0 Å². The first-order valence-electron chi connectivity index (χ1n) is 5.80. The molecule has 0 unspecified atom stereocenters. The molecule has 0 aliphatic heterocycles. The molecule has 21 heavy (non-hydrogen) atoms. The third-order valence-electron chi connectivity index (χ3n) is 2.30. The van der Waals surface area contributed by atoms with E-state index in [2.05, 4.69) is 20.3 Å². The van der Waals surface area contributed by atoms with Gasteiger partial charge in [0.2, 0.25) is 11.0 Å². The Labute approximate surface area is 131 Å². The molecule has 1 amide bonds. The summed E-state index contributed by atoms with van der Waals surface area (Å²) < 4.78 is 0. The molecule has 112 valence electrons. The highest BCUT2D eigenvalue weighted by molar-refractivity contribution is 7.13. The molecule has 0 radical (unpaired) electrons. The number of nitrogens with zero attached hydrogens (tertiary/aromatic N) is 3. The monoisotopic (exact) mass is 326 g/mol. The average Bonchev–Trinajstić information content (AvgIpc) is 2.84. The predicted octanol–water partition coefficient (Wildman–Crippen LogP) is 1.17. The third kappa shape index (κ3) is 5.01. The van der Waals surface area contributed by atoms with E-state index in [0.717, 1.165) is 5.69 Å². The Hall–Kier alpha value is -2.19. The molecule has 0 saturated heterocycles. The maximum absolute atomic E-state index is 10.9. The fourth-order valence-electron chi connectivity index (χ4n) is 1.48. The fourth-order valence-corrected chi connectivity index (χ4v) is 2.18. The van der Waals surface area contributed by atoms with Crippen molar-refractivity contribution in [3.8, 4) is 11.4 Å². The molecule has 0 spiro atoms. The van der Waals surface area contributed by atoms with Crippen molar-refractivity contribution >= 4 is 40.7 Å². The van der Waals surface area contributed by atoms with Gasteiger partial charge in [-0.15, -0.1) is 23.7 Å². The summed E-state index contributed by atoms with van der Waals surface area (Å²) in [5.41, 5.74) is 12.8. The topological polar surface area (TPSA) is 119 Å². The minimum atomic E-state index is -0.0964. The SMILES string of the molecule is CC(=O)NCc1cccc(-c2csc(N=C(N)N)n2)n1.Cl. The summed E-state index contributed by atoms with van der Waals surface area (Å²) in [5, 5.41) is 5.00. The normalized spacial score (nSPS) is 9.57. The van der Waals surface area contributed by atoms with Crippen LogP contribution in [0.2, 0.25) is 0 Å². The first-order chi connectivity index (χ1) is 9.54. The van der Waals surface area contributed by atoms with E-state index in [1.54, 1.807) is 0 Å². The molecule has 2 aromatic rings. The number of nitrogens with two attached hydrogens (primary N) is 2. The summed E-state index contributed by atoms with van der Waals surface area (Å²) >= 11 is 1.33. The largest absolute Gasteiger partial charge is 0.370 e. The molecule has 0 aliphatic rings. The van der Waals surface area contributed by atoms with Crippen LogP contribution < -0.4 is 16.8 Å². The zero-order chi connectivity index (χ0) is 14.5. The zero-order valence-electron chi connectivity index (χ0n) is 11.2. The highest BCUT2D eigenvalue weighted by atomic mass is 35.5. The van der Waals surface area contributed by atoms with Gasteiger partial charge in [-0.1, -0.05) is 6.07 Å². The second kappa shape index (κ2) is 7.55. The number of halogens is 1. The van der Waals surface area contributed by atoms with E-state index < -0.39 is 0 Å². The van der Waals surface area contributed by atoms with Gasteiger partial charge in [0.1, 0.15) is 5.69 Å². The van der Waals surface area contributed by atoms with Crippen LogP contribution in [0.15, 0.2) is 28.6 Å². The van der Waals surface area contributed by atoms with E-state index in [9.17, 15) is 4.79 Å². The number of thiazole rings is 1. The Morgan fingerprint density at radius 2 is 2.10 bits per heavy atom. The summed E-state index contributed by atoms with van der Waals surface area (Å²) in [6.45, 7) is 1.85. The third-order valence-corrected chi connectivity index (χ3v) is 3.04. The van der Waals surface area contributed by atoms with Crippen LogP contribution in [0.1, 0.15) is 12.6 Å².